The van der Waals surface area contributed by atoms with Crippen LogP contribution in [0.4, 0.5) is 0 Å². The summed E-state index contributed by atoms with van der Waals surface area (Å²) in [6, 6.07) is 9.71. The number of ketones is 1. The summed E-state index contributed by atoms with van der Waals surface area (Å²) in [6.45, 7) is 2.71. The molecule has 1 aromatic rings. The van der Waals surface area contributed by atoms with Crippen molar-refractivity contribution in [3.05, 3.63) is 60.4 Å². The third kappa shape index (κ3) is 7.37. The van der Waals surface area contributed by atoms with Crippen molar-refractivity contribution in [1.82, 2.24) is 0 Å². The summed E-state index contributed by atoms with van der Waals surface area (Å²) in [4.78, 5) is 23.5. The van der Waals surface area contributed by atoms with Crippen LogP contribution in [0, 0.1) is 17.8 Å². The van der Waals surface area contributed by atoms with Crippen LogP contribution in [0.5, 0.6) is 5.75 Å². The molecule has 0 aliphatic heterocycles. The van der Waals surface area contributed by atoms with Crippen molar-refractivity contribution in [2.24, 2.45) is 17.8 Å². The van der Waals surface area contributed by atoms with E-state index < -0.39 is 12.1 Å². The second kappa shape index (κ2) is 12.1. The lowest BCUT2D eigenvalue weighted by Gasteiger charge is -2.16. The maximum Gasteiger partial charge on any atom is 0.335 e. The van der Waals surface area contributed by atoms with Crippen LogP contribution in [0.3, 0.4) is 0 Å². The predicted molar refractivity (Wildman–Crippen MR) is 111 cm³/mol. The van der Waals surface area contributed by atoms with E-state index in [0.29, 0.717) is 25.4 Å². The van der Waals surface area contributed by atoms with Gasteiger partial charge in [0.25, 0.3) is 0 Å². The average Bonchev–Trinajstić information content (AvgIpc) is 3.00. The fourth-order valence-corrected chi connectivity index (χ4v) is 3.53. The van der Waals surface area contributed by atoms with Crippen LogP contribution in [-0.4, -0.2) is 36.7 Å². The van der Waals surface area contributed by atoms with Gasteiger partial charge in [-0.2, -0.15) is 0 Å². The lowest BCUT2D eigenvalue weighted by molar-refractivity contribution is -0.150. The first-order valence-corrected chi connectivity index (χ1v) is 10.1. The molecule has 1 unspecified atom stereocenters. The smallest absolute Gasteiger partial charge is 0.335 e. The van der Waals surface area contributed by atoms with Gasteiger partial charge in [-0.15, -0.1) is 5.73 Å². The number of Topliss-reactive ketones (excluding diaryl/α,β-unsaturated/α-hetero) is 1. The van der Waals surface area contributed by atoms with Crippen molar-refractivity contribution in [2.45, 2.75) is 38.7 Å². The molecule has 0 aromatic heterocycles. The lowest BCUT2D eigenvalue weighted by Crippen LogP contribution is -2.20. The number of para-hydroxylation sites is 1. The Morgan fingerprint density at radius 2 is 2.07 bits per heavy atom. The molecule has 29 heavy (non-hydrogen) atoms. The standard InChI is InChI=1S/C24H30O5/c1-18-17-23(26)21(14-7-4-8-15-22(25)24(27)28-2)20(18)13-9-10-16-29-19-11-5-3-6-12-19/h3,5-9,11-13,18,20-22,25H,10,14-17H2,1-2H3/b13-9+/t4?,18-,20+,21-,22?/m1/s1. The largest absolute Gasteiger partial charge is 0.493 e. The third-order valence-electron chi connectivity index (χ3n) is 5.14. The quantitative estimate of drug-likeness (QED) is 0.280. The molecule has 1 aliphatic carbocycles. The van der Waals surface area contributed by atoms with Gasteiger partial charge in [-0.3, -0.25) is 4.79 Å². The maximum absolute atomic E-state index is 12.4. The van der Waals surface area contributed by atoms with E-state index in [4.69, 9.17) is 4.74 Å². The zero-order chi connectivity index (χ0) is 21.1. The van der Waals surface area contributed by atoms with Crippen LogP contribution in [0.25, 0.3) is 0 Å². The van der Waals surface area contributed by atoms with Gasteiger partial charge in [-0.25, -0.2) is 4.79 Å². The van der Waals surface area contributed by atoms with E-state index in [1.165, 1.54) is 7.11 Å². The molecule has 0 saturated heterocycles. The van der Waals surface area contributed by atoms with Crippen molar-refractivity contribution in [1.29, 1.82) is 0 Å². The summed E-state index contributed by atoms with van der Waals surface area (Å²) >= 11 is 0. The van der Waals surface area contributed by atoms with E-state index in [2.05, 4.69) is 29.5 Å². The summed E-state index contributed by atoms with van der Waals surface area (Å²) in [5.41, 5.74) is 2.96. The van der Waals surface area contributed by atoms with E-state index in [1.54, 1.807) is 6.08 Å². The highest BCUT2D eigenvalue weighted by atomic mass is 16.5. The minimum absolute atomic E-state index is 0.0530. The highest BCUT2D eigenvalue weighted by Gasteiger charge is 2.37. The van der Waals surface area contributed by atoms with Gasteiger partial charge in [0.05, 0.1) is 13.7 Å². The van der Waals surface area contributed by atoms with E-state index in [-0.39, 0.29) is 24.0 Å². The zero-order valence-corrected chi connectivity index (χ0v) is 17.1. The Balaban J connectivity index is 1.82. The number of rotatable bonds is 10. The van der Waals surface area contributed by atoms with Gasteiger partial charge in [-0.05, 0) is 49.0 Å². The van der Waals surface area contributed by atoms with Crippen LogP contribution >= 0.6 is 0 Å². The van der Waals surface area contributed by atoms with E-state index in [9.17, 15) is 14.7 Å². The second-order valence-corrected chi connectivity index (χ2v) is 7.30. The van der Waals surface area contributed by atoms with Crippen LogP contribution in [0.2, 0.25) is 0 Å². The number of esters is 1. The van der Waals surface area contributed by atoms with Crippen LogP contribution in [0.15, 0.2) is 60.4 Å². The Labute approximate surface area is 172 Å². The Bertz CT molecular complexity index is 746. The number of methoxy groups -OCH3 is 1. The molecule has 1 aromatic carbocycles. The maximum atomic E-state index is 12.4. The molecule has 1 fully saturated rings. The molecular formula is C24H30O5. The number of hydrogen-bond donors (Lipinski definition) is 1. The number of benzene rings is 1. The first-order chi connectivity index (χ1) is 14.0. The molecule has 0 bridgehead atoms. The Morgan fingerprint density at radius 1 is 1.31 bits per heavy atom. The highest BCUT2D eigenvalue weighted by molar-refractivity contribution is 5.84. The summed E-state index contributed by atoms with van der Waals surface area (Å²) in [5, 5.41) is 9.53. The number of aliphatic hydroxyl groups is 1. The molecule has 1 N–H and O–H groups in total. The number of allylic oxidation sites excluding steroid dienone is 1. The first kappa shape index (κ1) is 22.7. The number of carbonyl (C=O) groups excluding carboxylic acids is 2. The van der Waals surface area contributed by atoms with Gasteiger partial charge in [0.1, 0.15) is 11.5 Å². The van der Waals surface area contributed by atoms with Crippen LogP contribution in [-0.2, 0) is 14.3 Å². The topological polar surface area (TPSA) is 72.8 Å². The fourth-order valence-electron chi connectivity index (χ4n) is 3.53. The molecule has 5 heteroatoms. The van der Waals surface area contributed by atoms with Crippen molar-refractivity contribution < 1.29 is 24.2 Å². The van der Waals surface area contributed by atoms with E-state index in [0.717, 1.165) is 12.2 Å². The second-order valence-electron chi connectivity index (χ2n) is 7.30. The first-order valence-electron chi connectivity index (χ1n) is 10.1. The molecule has 1 aliphatic rings. The number of carbonyl (C=O) groups is 2. The SMILES string of the molecule is COC(=O)C(O)CC=C=CC[C@H]1C(=O)C[C@@H](C)[C@@H]1/C=C/CCOc1ccccc1. The lowest BCUT2D eigenvalue weighted by atomic mass is 9.87. The number of aliphatic hydroxyl groups excluding tert-OH is 1. The third-order valence-corrected chi connectivity index (χ3v) is 5.14. The van der Waals surface area contributed by atoms with Gasteiger partial charge in [0, 0.05) is 18.8 Å². The van der Waals surface area contributed by atoms with Crippen molar-refractivity contribution in [3.8, 4) is 5.75 Å². The molecule has 0 spiro atoms. The fraction of sp³-hybridized carbons (Fsp3) is 0.458. The van der Waals surface area contributed by atoms with E-state index >= 15 is 0 Å². The predicted octanol–water partition coefficient (Wildman–Crippen LogP) is 3.88. The molecule has 156 valence electrons. The molecule has 0 heterocycles. The molecular weight excluding hydrogens is 368 g/mol. The minimum Gasteiger partial charge on any atom is -0.493 e. The van der Waals surface area contributed by atoms with Gasteiger partial charge in [-0.1, -0.05) is 37.3 Å². The molecule has 0 radical (unpaired) electrons. The zero-order valence-electron chi connectivity index (χ0n) is 17.1. The van der Waals surface area contributed by atoms with Crippen LogP contribution in [0.1, 0.15) is 32.6 Å². The molecule has 2 rings (SSSR count). The van der Waals surface area contributed by atoms with Gasteiger partial charge >= 0.3 is 5.97 Å². The summed E-state index contributed by atoms with van der Waals surface area (Å²) in [7, 11) is 1.24. The van der Waals surface area contributed by atoms with Crippen LogP contribution < -0.4 is 4.74 Å². The van der Waals surface area contributed by atoms with Gasteiger partial charge in [0.15, 0.2) is 6.10 Å². The van der Waals surface area contributed by atoms with Crippen molar-refractivity contribution in [2.75, 3.05) is 13.7 Å². The van der Waals surface area contributed by atoms with Gasteiger partial charge in [0.2, 0.25) is 0 Å². The van der Waals surface area contributed by atoms with Gasteiger partial charge < -0.3 is 14.6 Å². The van der Waals surface area contributed by atoms with Crippen molar-refractivity contribution in [3.63, 3.8) is 0 Å². The minimum atomic E-state index is -1.18. The number of hydrogen-bond acceptors (Lipinski definition) is 5. The molecule has 5 nitrogen and oxygen atoms in total. The molecule has 0 amide bonds. The molecule has 4 atom stereocenters. The normalized spacial score (nSPS) is 22.2. The van der Waals surface area contributed by atoms with Crippen molar-refractivity contribution >= 4 is 11.8 Å². The molecule has 1 saturated carbocycles. The van der Waals surface area contributed by atoms with E-state index in [1.807, 2.05) is 36.4 Å². The summed E-state index contributed by atoms with van der Waals surface area (Å²) in [5.74, 6) is 0.944. The Morgan fingerprint density at radius 3 is 2.79 bits per heavy atom. The Hall–Kier alpha value is -2.62. The Kier molecular flexibility index (Phi) is 9.42. The summed E-state index contributed by atoms with van der Waals surface area (Å²) in [6.07, 6.45) is 8.60. The summed E-state index contributed by atoms with van der Waals surface area (Å²) < 4.78 is 10.2. The number of ether oxygens (including phenoxy) is 2. The average molecular weight is 398 g/mol. The highest BCUT2D eigenvalue weighted by Crippen LogP contribution is 2.37. The monoisotopic (exact) mass is 398 g/mol.